The van der Waals surface area contributed by atoms with E-state index in [9.17, 15) is 4.79 Å². The molecule has 18 heavy (non-hydrogen) atoms. The molecule has 0 saturated carbocycles. The van der Waals surface area contributed by atoms with Crippen molar-refractivity contribution in [2.24, 2.45) is 0 Å². The van der Waals surface area contributed by atoms with E-state index in [1.165, 1.54) is 12.3 Å². The first-order valence-corrected chi connectivity index (χ1v) is 5.83. The molecule has 1 unspecified atom stereocenters. The van der Waals surface area contributed by atoms with Gasteiger partial charge in [-0.25, -0.2) is 9.78 Å². The summed E-state index contributed by atoms with van der Waals surface area (Å²) in [5.74, 6) is -0.665. The molecule has 100 valence electrons. The summed E-state index contributed by atoms with van der Waals surface area (Å²) >= 11 is 0. The number of aromatic carboxylic acids is 1. The molecule has 1 aromatic heterocycles. The number of methoxy groups -OCH3 is 1. The fourth-order valence-electron chi connectivity index (χ4n) is 1.71. The van der Waals surface area contributed by atoms with Crippen LogP contribution in [-0.4, -0.2) is 35.8 Å². The lowest BCUT2D eigenvalue weighted by molar-refractivity contribution is 0.0698. The van der Waals surface area contributed by atoms with Crippen molar-refractivity contribution < 1.29 is 14.6 Å². The average Bonchev–Trinajstić information content (AvgIpc) is 2.32. The molecule has 0 fully saturated rings. The van der Waals surface area contributed by atoms with Gasteiger partial charge in [-0.15, -0.1) is 0 Å². The van der Waals surface area contributed by atoms with Crippen molar-refractivity contribution in [3.63, 3.8) is 0 Å². The number of carboxylic acids is 1. The summed E-state index contributed by atoms with van der Waals surface area (Å²) in [5, 5.41) is 12.1. The maximum absolute atomic E-state index is 11.0. The minimum Gasteiger partial charge on any atom is -0.478 e. The first kappa shape index (κ1) is 14.2. The normalized spacial score (nSPS) is 12.1. The van der Waals surface area contributed by atoms with Crippen LogP contribution >= 0.6 is 0 Å². The van der Waals surface area contributed by atoms with Crippen LogP contribution in [0.4, 0.5) is 11.5 Å². The van der Waals surface area contributed by atoms with Crippen molar-refractivity contribution in [2.45, 2.75) is 25.8 Å². The van der Waals surface area contributed by atoms with E-state index in [0.717, 1.165) is 12.8 Å². The Bertz CT molecular complexity index is 404. The van der Waals surface area contributed by atoms with Crippen LogP contribution < -0.4 is 11.1 Å². The van der Waals surface area contributed by atoms with Crippen LogP contribution in [0.3, 0.4) is 0 Å². The number of rotatable bonds is 7. The molecule has 1 rings (SSSR count). The molecular weight excluding hydrogens is 234 g/mol. The highest BCUT2D eigenvalue weighted by atomic mass is 16.5. The van der Waals surface area contributed by atoms with Crippen LogP contribution in [0.1, 0.15) is 30.1 Å². The monoisotopic (exact) mass is 253 g/mol. The summed E-state index contributed by atoms with van der Waals surface area (Å²) < 4.78 is 5.10. The number of hydrogen-bond acceptors (Lipinski definition) is 5. The number of nitrogen functional groups attached to an aromatic ring is 1. The maximum atomic E-state index is 11.0. The third-order valence-corrected chi connectivity index (χ3v) is 2.57. The number of carboxylic acid groups (broad SMARTS) is 1. The predicted octanol–water partition coefficient (Wildman–Crippen LogP) is 1.59. The highest BCUT2D eigenvalue weighted by Gasteiger charge is 2.15. The fourth-order valence-corrected chi connectivity index (χ4v) is 1.71. The summed E-state index contributed by atoms with van der Waals surface area (Å²) in [6.07, 6.45) is 3.31. The Balaban J connectivity index is 2.88. The Labute approximate surface area is 106 Å². The molecule has 0 radical (unpaired) electrons. The zero-order valence-corrected chi connectivity index (χ0v) is 10.6. The third-order valence-electron chi connectivity index (χ3n) is 2.57. The van der Waals surface area contributed by atoms with Crippen LogP contribution in [0.25, 0.3) is 0 Å². The Kier molecular flexibility index (Phi) is 5.38. The number of pyridine rings is 1. The topological polar surface area (TPSA) is 97.5 Å². The Hall–Kier alpha value is -1.82. The quantitative estimate of drug-likeness (QED) is 0.682. The molecule has 4 N–H and O–H groups in total. The average molecular weight is 253 g/mol. The van der Waals surface area contributed by atoms with Crippen molar-refractivity contribution in [2.75, 3.05) is 24.8 Å². The summed E-state index contributed by atoms with van der Waals surface area (Å²) in [5.41, 5.74) is 5.99. The van der Waals surface area contributed by atoms with Gasteiger partial charge in [-0.3, -0.25) is 0 Å². The minimum atomic E-state index is -1.06. The fraction of sp³-hybridized carbons (Fsp3) is 0.500. The lowest BCUT2D eigenvalue weighted by Gasteiger charge is -2.19. The molecule has 0 bridgehead atoms. The smallest absolute Gasteiger partial charge is 0.337 e. The van der Waals surface area contributed by atoms with Gasteiger partial charge in [0.05, 0.1) is 23.9 Å². The van der Waals surface area contributed by atoms with Crippen molar-refractivity contribution in [3.8, 4) is 0 Å². The largest absolute Gasteiger partial charge is 0.478 e. The number of nitrogens with two attached hydrogens (primary N) is 1. The second-order valence-corrected chi connectivity index (χ2v) is 4.01. The van der Waals surface area contributed by atoms with Gasteiger partial charge in [-0.05, 0) is 12.5 Å². The minimum absolute atomic E-state index is 0.0557. The first-order chi connectivity index (χ1) is 8.60. The molecule has 1 atom stereocenters. The lowest BCUT2D eigenvalue weighted by atomic mass is 10.1. The molecule has 0 aromatic carbocycles. The number of ether oxygens (including phenoxy) is 1. The van der Waals surface area contributed by atoms with Crippen LogP contribution in [0.5, 0.6) is 0 Å². The van der Waals surface area contributed by atoms with Gasteiger partial charge < -0.3 is 20.9 Å². The van der Waals surface area contributed by atoms with E-state index in [2.05, 4.69) is 17.2 Å². The first-order valence-electron chi connectivity index (χ1n) is 5.83. The lowest BCUT2D eigenvalue weighted by Crippen LogP contribution is -2.26. The van der Waals surface area contributed by atoms with E-state index < -0.39 is 5.97 Å². The van der Waals surface area contributed by atoms with Gasteiger partial charge in [-0.1, -0.05) is 13.3 Å². The predicted molar refractivity (Wildman–Crippen MR) is 69.8 cm³/mol. The van der Waals surface area contributed by atoms with Gasteiger partial charge >= 0.3 is 5.97 Å². The van der Waals surface area contributed by atoms with Crippen molar-refractivity contribution >= 4 is 17.5 Å². The number of nitrogens with one attached hydrogen (secondary N) is 1. The van der Waals surface area contributed by atoms with Crippen molar-refractivity contribution in [3.05, 3.63) is 17.8 Å². The van der Waals surface area contributed by atoms with E-state index in [4.69, 9.17) is 15.6 Å². The molecule has 1 heterocycles. The van der Waals surface area contributed by atoms with E-state index in [-0.39, 0.29) is 17.3 Å². The molecule has 0 aliphatic heterocycles. The standard InChI is InChI=1S/C12H19N3O3/c1-3-4-8(7-18-2)15-11-10(13)9(12(16)17)5-6-14-11/h5-6,8H,3-4,7,13H2,1-2H3,(H,14,15)(H,16,17). The molecule has 0 spiro atoms. The number of aromatic nitrogens is 1. The zero-order chi connectivity index (χ0) is 13.5. The molecule has 6 nitrogen and oxygen atoms in total. The van der Waals surface area contributed by atoms with Gasteiger partial charge in [0, 0.05) is 13.3 Å². The Morgan fingerprint density at radius 2 is 2.39 bits per heavy atom. The molecule has 6 heteroatoms. The van der Waals surface area contributed by atoms with Crippen molar-refractivity contribution in [1.82, 2.24) is 4.98 Å². The third kappa shape index (κ3) is 3.59. The highest BCUT2D eigenvalue weighted by Crippen LogP contribution is 2.21. The molecule has 0 amide bonds. The maximum Gasteiger partial charge on any atom is 0.337 e. The number of anilines is 2. The highest BCUT2D eigenvalue weighted by molar-refractivity contribution is 5.96. The van der Waals surface area contributed by atoms with Gasteiger partial charge in [0.15, 0.2) is 0 Å². The molecule has 1 aromatic rings. The van der Waals surface area contributed by atoms with Gasteiger partial charge in [0.2, 0.25) is 0 Å². The van der Waals surface area contributed by atoms with E-state index >= 15 is 0 Å². The second kappa shape index (κ2) is 6.80. The number of nitrogens with zero attached hydrogens (tertiary/aromatic N) is 1. The van der Waals surface area contributed by atoms with Crippen LogP contribution in [0, 0.1) is 0 Å². The molecule has 0 aliphatic rings. The molecular formula is C12H19N3O3. The Morgan fingerprint density at radius 3 is 2.94 bits per heavy atom. The SMILES string of the molecule is CCCC(COC)Nc1nccc(C(=O)O)c1N. The van der Waals surface area contributed by atoms with Crippen LogP contribution in [0.15, 0.2) is 12.3 Å². The second-order valence-electron chi connectivity index (χ2n) is 4.01. The van der Waals surface area contributed by atoms with Crippen LogP contribution in [-0.2, 0) is 4.74 Å². The van der Waals surface area contributed by atoms with Crippen molar-refractivity contribution in [1.29, 1.82) is 0 Å². The van der Waals surface area contributed by atoms with E-state index in [1.54, 1.807) is 7.11 Å². The van der Waals surface area contributed by atoms with Crippen LogP contribution in [0.2, 0.25) is 0 Å². The molecule has 0 aliphatic carbocycles. The summed E-state index contributed by atoms with van der Waals surface area (Å²) in [7, 11) is 1.62. The summed E-state index contributed by atoms with van der Waals surface area (Å²) in [4.78, 5) is 15.0. The van der Waals surface area contributed by atoms with Gasteiger partial charge in [0.25, 0.3) is 0 Å². The van der Waals surface area contributed by atoms with E-state index in [1.807, 2.05) is 0 Å². The Morgan fingerprint density at radius 1 is 1.67 bits per heavy atom. The summed E-state index contributed by atoms with van der Waals surface area (Å²) in [6.45, 7) is 2.58. The number of hydrogen-bond donors (Lipinski definition) is 3. The zero-order valence-electron chi connectivity index (χ0n) is 10.6. The number of carbonyl (C=O) groups is 1. The molecule has 0 saturated heterocycles. The summed E-state index contributed by atoms with van der Waals surface area (Å²) in [6, 6.07) is 1.45. The van der Waals surface area contributed by atoms with E-state index in [0.29, 0.717) is 12.4 Å². The van der Waals surface area contributed by atoms with Gasteiger partial charge in [-0.2, -0.15) is 0 Å². The van der Waals surface area contributed by atoms with Gasteiger partial charge in [0.1, 0.15) is 5.82 Å².